The Balaban J connectivity index is 1.56. The Morgan fingerprint density at radius 1 is 1.21 bits per heavy atom. The second-order valence-corrected chi connectivity index (χ2v) is 5.56. The van der Waals surface area contributed by atoms with Gasteiger partial charge in [-0.25, -0.2) is 4.79 Å². The normalized spacial score (nSPS) is 15.2. The van der Waals surface area contributed by atoms with Crippen LogP contribution in [0.1, 0.15) is 35.4 Å². The second-order valence-electron chi connectivity index (χ2n) is 4.61. The van der Waals surface area contributed by atoms with Crippen LogP contribution in [0.5, 0.6) is 0 Å². The Morgan fingerprint density at radius 3 is 2.63 bits per heavy atom. The summed E-state index contributed by atoms with van der Waals surface area (Å²) in [6, 6.07) is 3.80. The standard InChI is InChI=1S/C13H19N3O2S/c17-12(11-6-3-9-19-11)14-7-8-15-13(18)16-10-4-1-2-5-10/h3,6,9-10H,1-2,4-5,7-8H2,(H,14,17)(H2,15,16,18). The van der Waals surface area contributed by atoms with Crippen LogP contribution in [0.4, 0.5) is 4.79 Å². The SMILES string of the molecule is O=C(NCCNC(=O)c1cccs1)NC1CCCC1. The van der Waals surface area contributed by atoms with E-state index in [0.717, 1.165) is 12.8 Å². The van der Waals surface area contributed by atoms with Crippen molar-refractivity contribution in [2.75, 3.05) is 13.1 Å². The van der Waals surface area contributed by atoms with Crippen molar-refractivity contribution in [2.24, 2.45) is 0 Å². The highest BCUT2D eigenvalue weighted by Crippen LogP contribution is 2.17. The third kappa shape index (κ3) is 4.55. The van der Waals surface area contributed by atoms with Gasteiger partial charge in [0.2, 0.25) is 0 Å². The summed E-state index contributed by atoms with van der Waals surface area (Å²) < 4.78 is 0. The highest BCUT2D eigenvalue weighted by Gasteiger charge is 2.16. The molecule has 3 amide bonds. The van der Waals surface area contributed by atoms with E-state index in [-0.39, 0.29) is 11.9 Å². The lowest BCUT2D eigenvalue weighted by atomic mass is 10.2. The molecule has 5 nitrogen and oxygen atoms in total. The van der Waals surface area contributed by atoms with E-state index in [1.165, 1.54) is 24.2 Å². The van der Waals surface area contributed by atoms with E-state index < -0.39 is 0 Å². The Hall–Kier alpha value is -1.56. The first kappa shape index (κ1) is 13.9. The summed E-state index contributed by atoms with van der Waals surface area (Å²) in [7, 11) is 0. The molecule has 0 aromatic carbocycles. The molecule has 1 saturated carbocycles. The van der Waals surface area contributed by atoms with Crippen LogP contribution in [-0.2, 0) is 0 Å². The smallest absolute Gasteiger partial charge is 0.315 e. The third-order valence-electron chi connectivity index (χ3n) is 3.13. The van der Waals surface area contributed by atoms with Gasteiger partial charge in [0.15, 0.2) is 0 Å². The van der Waals surface area contributed by atoms with Crippen molar-refractivity contribution in [2.45, 2.75) is 31.7 Å². The molecule has 1 fully saturated rings. The molecule has 0 bridgehead atoms. The maximum Gasteiger partial charge on any atom is 0.315 e. The molecular formula is C13H19N3O2S. The zero-order valence-electron chi connectivity index (χ0n) is 10.8. The summed E-state index contributed by atoms with van der Waals surface area (Å²) in [5.74, 6) is -0.0898. The molecule has 0 aliphatic heterocycles. The number of nitrogens with one attached hydrogen (secondary N) is 3. The molecule has 1 aliphatic rings. The van der Waals surface area contributed by atoms with Crippen molar-refractivity contribution in [1.29, 1.82) is 0 Å². The maximum atomic E-state index is 11.6. The average Bonchev–Trinajstić information content (AvgIpc) is 3.06. The predicted octanol–water partition coefficient (Wildman–Crippen LogP) is 1.72. The first-order valence-electron chi connectivity index (χ1n) is 6.62. The largest absolute Gasteiger partial charge is 0.350 e. The minimum absolute atomic E-state index is 0.0898. The van der Waals surface area contributed by atoms with E-state index in [0.29, 0.717) is 24.0 Å². The van der Waals surface area contributed by atoms with Gasteiger partial charge in [0.25, 0.3) is 5.91 Å². The molecule has 3 N–H and O–H groups in total. The summed E-state index contributed by atoms with van der Waals surface area (Å²) in [5, 5.41) is 10.3. The number of carbonyl (C=O) groups is 2. The van der Waals surface area contributed by atoms with Gasteiger partial charge in [-0.05, 0) is 24.3 Å². The number of urea groups is 1. The van der Waals surface area contributed by atoms with Crippen LogP contribution < -0.4 is 16.0 Å². The molecule has 19 heavy (non-hydrogen) atoms. The van der Waals surface area contributed by atoms with Gasteiger partial charge in [0.05, 0.1) is 4.88 Å². The molecular weight excluding hydrogens is 262 g/mol. The minimum atomic E-state index is -0.141. The summed E-state index contributed by atoms with van der Waals surface area (Å²) in [6.45, 7) is 0.879. The van der Waals surface area contributed by atoms with Crippen molar-refractivity contribution in [3.05, 3.63) is 22.4 Å². The van der Waals surface area contributed by atoms with Crippen LogP contribution in [0.3, 0.4) is 0 Å². The lowest BCUT2D eigenvalue weighted by molar-refractivity contribution is 0.0958. The number of hydrogen-bond donors (Lipinski definition) is 3. The molecule has 0 unspecified atom stereocenters. The first-order valence-corrected chi connectivity index (χ1v) is 7.50. The molecule has 6 heteroatoms. The molecule has 0 radical (unpaired) electrons. The van der Waals surface area contributed by atoms with E-state index in [9.17, 15) is 9.59 Å². The fourth-order valence-corrected chi connectivity index (χ4v) is 2.79. The summed E-state index contributed by atoms with van der Waals surface area (Å²) in [6.07, 6.45) is 4.54. The third-order valence-corrected chi connectivity index (χ3v) is 4.00. The summed E-state index contributed by atoms with van der Waals surface area (Å²) in [4.78, 5) is 23.8. The highest BCUT2D eigenvalue weighted by atomic mass is 32.1. The summed E-state index contributed by atoms with van der Waals surface area (Å²) in [5.41, 5.74) is 0. The first-order chi connectivity index (χ1) is 9.25. The van der Waals surface area contributed by atoms with Crippen molar-refractivity contribution in [1.82, 2.24) is 16.0 Å². The fourth-order valence-electron chi connectivity index (χ4n) is 2.15. The molecule has 0 saturated heterocycles. The lowest BCUT2D eigenvalue weighted by Gasteiger charge is -2.13. The van der Waals surface area contributed by atoms with Gasteiger partial charge in [-0.15, -0.1) is 11.3 Å². The predicted molar refractivity (Wildman–Crippen MR) is 75.4 cm³/mol. The Labute approximate surface area is 116 Å². The van der Waals surface area contributed by atoms with E-state index in [4.69, 9.17) is 0 Å². The Kier molecular flexibility index (Phi) is 5.20. The van der Waals surface area contributed by atoms with Gasteiger partial charge in [0.1, 0.15) is 0 Å². The van der Waals surface area contributed by atoms with E-state index in [1.807, 2.05) is 11.4 Å². The molecule has 1 heterocycles. The Bertz CT molecular complexity index is 414. The van der Waals surface area contributed by atoms with Gasteiger partial charge in [-0.1, -0.05) is 18.9 Å². The fraction of sp³-hybridized carbons (Fsp3) is 0.538. The molecule has 1 aliphatic carbocycles. The van der Waals surface area contributed by atoms with Crippen molar-refractivity contribution in [3.63, 3.8) is 0 Å². The lowest BCUT2D eigenvalue weighted by Crippen LogP contribution is -2.43. The molecule has 0 spiro atoms. The second kappa shape index (κ2) is 7.13. The molecule has 104 valence electrons. The number of amides is 3. The van der Waals surface area contributed by atoms with Gasteiger partial charge >= 0.3 is 6.03 Å². The zero-order chi connectivity index (χ0) is 13.5. The zero-order valence-corrected chi connectivity index (χ0v) is 11.6. The van der Waals surface area contributed by atoms with Gasteiger partial charge in [-0.3, -0.25) is 4.79 Å². The number of thiophene rings is 1. The van der Waals surface area contributed by atoms with Crippen LogP contribution in [-0.4, -0.2) is 31.1 Å². The molecule has 1 aromatic rings. The van der Waals surface area contributed by atoms with E-state index in [1.54, 1.807) is 6.07 Å². The van der Waals surface area contributed by atoms with Crippen molar-refractivity contribution >= 4 is 23.3 Å². The van der Waals surface area contributed by atoms with Gasteiger partial charge in [-0.2, -0.15) is 0 Å². The van der Waals surface area contributed by atoms with Crippen molar-refractivity contribution in [3.8, 4) is 0 Å². The number of carbonyl (C=O) groups excluding carboxylic acids is 2. The van der Waals surface area contributed by atoms with Crippen LogP contribution >= 0.6 is 11.3 Å². The topological polar surface area (TPSA) is 70.2 Å². The molecule has 1 aromatic heterocycles. The van der Waals surface area contributed by atoms with Crippen molar-refractivity contribution < 1.29 is 9.59 Å². The van der Waals surface area contributed by atoms with Crippen LogP contribution in [0.15, 0.2) is 17.5 Å². The van der Waals surface area contributed by atoms with Crippen LogP contribution in [0, 0.1) is 0 Å². The molecule has 0 atom stereocenters. The maximum absolute atomic E-state index is 11.6. The Morgan fingerprint density at radius 2 is 1.95 bits per heavy atom. The van der Waals surface area contributed by atoms with Gasteiger partial charge in [0, 0.05) is 19.1 Å². The van der Waals surface area contributed by atoms with E-state index >= 15 is 0 Å². The highest BCUT2D eigenvalue weighted by molar-refractivity contribution is 7.12. The number of hydrogen-bond acceptors (Lipinski definition) is 3. The molecule has 2 rings (SSSR count). The van der Waals surface area contributed by atoms with E-state index in [2.05, 4.69) is 16.0 Å². The minimum Gasteiger partial charge on any atom is -0.350 e. The quantitative estimate of drug-likeness (QED) is 0.719. The summed E-state index contributed by atoms with van der Waals surface area (Å²) >= 11 is 1.40. The van der Waals surface area contributed by atoms with Crippen LogP contribution in [0.25, 0.3) is 0 Å². The average molecular weight is 281 g/mol. The van der Waals surface area contributed by atoms with Gasteiger partial charge < -0.3 is 16.0 Å². The number of rotatable bonds is 5. The monoisotopic (exact) mass is 281 g/mol. The van der Waals surface area contributed by atoms with Crippen LogP contribution in [0.2, 0.25) is 0 Å².